The van der Waals surface area contributed by atoms with Crippen molar-refractivity contribution in [1.82, 2.24) is 0 Å². The zero-order valence-corrected chi connectivity index (χ0v) is 24.5. The number of aliphatic hydroxyl groups is 1. The molecule has 0 saturated carbocycles. The van der Waals surface area contributed by atoms with E-state index in [4.69, 9.17) is 4.74 Å². The number of hydrogen-bond donors (Lipinski definition) is 1. The molecule has 4 aromatic rings. The highest BCUT2D eigenvalue weighted by Gasteiger charge is 2.43. The molecule has 0 amide bonds. The number of allylic oxidation sites excluding steroid dienone is 1. The van der Waals surface area contributed by atoms with Crippen molar-refractivity contribution >= 4 is 17.6 Å². The average molecular weight is 547 g/mol. The number of ether oxygens (including phenoxy) is 1. The third-order valence-electron chi connectivity index (χ3n) is 7.43. The molecule has 212 valence electrons. The molecule has 0 aliphatic heterocycles. The van der Waals surface area contributed by atoms with E-state index in [2.05, 4.69) is 54.6 Å². The van der Waals surface area contributed by atoms with Gasteiger partial charge in [-0.1, -0.05) is 127 Å². The summed E-state index contributed by atoms with van der Waals surface area (Å²) in [5.41, 5.74) is 3.37. The molecule has 0 aliphatic carbocycles. The van der Waals surface area contributed by atoms with Crippen LogP contribution in [0.15, 0.2) is 121 Å². The molecule has 0 aromatic heterocycles. The Morgan fingerprint density at radius 3 is 1.61 bits per heavy atom. The Labute approximate surface area is 245 Å². The van der Waals surface area contributed by atoms with Gasteiger partial charge in [0.1, 0.15) is 5.60 Å². The number of carbonyl (C=O) groups is 1. The molecular weight excluding hydrogens is 504 g/mol. The number of benzene rings is 4. The van der Waals surface area contributed by atoms with Crippen LogP contribution in [0.1, 0.15) is 62.3 Å². The third-order valence-corrected chi connectivity index (χ3v) is 7.43. The SMILES string of the molecule is CC(C)(C)OC(=O)C(C/C(=C/c1ccccc1)c1ccccc1)C(O)(CCc1ccccc1)CCc1ccccc1. The van der Waals surface area contributed by atoms with Gasteiger partial charge in [-0.25, -0.2) is 0 Å². The second-order valence-corrected chi connectivity index (χ2v) is 11.8. The molecule has 1 unspecified atom stereocenters. The highest BCUT2D eigenvalue weighted by molar-refractivity contribution is 5.85. The number of esters is 1. The molecule has 1 N–H and O–H groups in total. The van der Waals surface area contributed by atoms with Crippen LogP contribution < -0.4 is 0 Å². The highest BCUT2D eigenvalue weighted by atomic mass is 16.6. The first-order valence-electron chi connectivity index (χ1n) is 14.6. The van der Waals surface area contributed by atoms with Crippen LogP contribution in [0.3, 0.4) is 0 Å². The van der Waals surface area contributed by atoms with Gasteiger partial charge in [-0.2, -0.15) is 0 Å². The van der Waals surface area contributed by atoms with E-state index in [1.165, 1.54) is 0 Å². The summed E-state index contributed by atoms with van der Waals surface area (Å²) in [7, 11) is 0. The lowest BCUT2D eigenvalue weighted by Gasteiger charge is -2.37. The van der Waals surface area contributed by atoms with Gasteiger partial charge in [0.2, 0.25) is 0 Å². The van der Waals surface area contributed by atoms with Crippen LogP contribution in [0.5, 0.6) is 0 Å². The highest BCUT2D eigenvalue weighted by Crippen LogP contribution is 2.38. The fourth-order valence-electron chi connectivity index (χ4n) is 5.23. The van der Waals surface area contributed by atoms with E-state index >= 15 is 0 Å². The second kappa shape index (κ2) is 14.1. The van der Waals surface area contributed by atoms with Gasteiger partial charge in [0.15, 0.2) is 0 Å². The van der Waals surface area contributed by atoms with Crippen molar-refractivity contribution < 1.29 is 14.6 Å². The Kier molecular flexibility index (Phi) is 10.3. The Bertz CT molecular complexity index is 1330. The van der Waals surface area contributed by atoms with Gasteiger partial charge in [0.25, 0.3) is 0 Å². The smallest absolute Gasteiger partial charge is 0.312 e. The molecule has 0 spiro atoms. The van der Waals surface area contributed by atoms with Crippen molar-refractivity contribution in [2.24, 2.45) is 5.92 Å². The Hall–Kier alpha value is -3.95. The largest absolute Gasteiger partial charge is 0.460 e. The van der Waals surface area contributed by atoms with Crippen LogP contribution in [0, 0.1) is 5.92 Å². The third kappa shape index (κ3) is 9.30. The van der Waals surface area contributed by atoms with E-state index < -0.39 is 17.1 Å². The van der Waals surface area contributed by atoms with Crippen LogP contribution in [-0.4, -0.2) is 22.3 Å². The minimum absolute atomic E-state index is 0.355. The maximum atomic E-state index is 14.0. The normalized spacial score (nSPS) is 13.0. The molecule has 1 atom stereocenters. The predicted octanol–water partition coefficient (Wildman–Crippen LogP) is 8.57. The van der Waals surface area contributed by atoms with Gasteiger partial charge in [0.05, 0.1) is 11.5 Å². The van der Waals surface area contributed by atoms with E-state index in [1.54, 1.807) is 0 Å². The van der Waals surface area contributed by atoms with Crippen LogP contribution in [0.2, 0.25) is 0 Å². The molecule has 0 aliphatic rings. The van der Waals surface area contributed by atoms with E-state index in [0.717, 1.165) is 27.8 Å². The van der Waals surface area contributed by atoms with Crippen molar-refractivity contribution in [2.45, 2.75) is 64.1 Å². The van der Waals surface area contributed by atoms with Crippen molar-refractivity contribution in [3.05, 3.63) is 144 Å². The van der Waals surface area contributed by atoms with E-state index in [0.29, 0.717) is 32.1 Å². The molecule has 3 heteroatoms. The maximum Gasteiger partial charge on any atom is 0.312 e. The van der Waals surface area contributed by atoms with Crippen LogP contribution in [-0.2, 0) is 22.4 Å². The van der Waals surface area contributed by atoms with Gasteiger partial charge < -0.3 is 9.84 Å². The zero-order chi connectivity index (χ0) is 29.1. The molecular formula is C38H42O3. The van der Waals surface area contributed by atoms with E-state index in [9.17, 15) is 9.90 Å². The first kappa shape index (κ1) is 30.0. The number of hydrogen-bond acceptors (Lipinski definition) is 3. The Balaban J connectivity index is 1.76. The molecule has 3 nitrogen and oxygen atoms in total. The molecule has 4 rings (SSSR count). The fourth-order valence-corrected chi connectivity index (χ4v) is 5.23. The van der Waals surface area contributed by atoms with Crippen LogP contribution in [0.4, 0.5) is 0 Å². The molecule has 0 fully saturated rings. The molecule has 0 bridgehead atoms. The van der Waals surface area contributed by atoms with Gasteiger partial charge >= 0.3 is 5.97 Å². The summed E-state index contributed by atoms with van der Waals surface area (Å²) in [6.07, 6.45) is 4.70. The van der Waals surface area contributed by atoms with Crippen molar-refractivity contribution in [3.8, 4) is 0 Å². The lowest BCUT2D eigenvalue weighted by Crippen LogP contribution is -2.46. The molecule has 0 saturated heterocycles. The summed E-state index contributed by atoms with van der Waals surface area (Å²) in [5.74, 6) is -1.12. The molecule has 41 heavy (non-hydrogen) atoms. The van der Waals surface area contributed by atoms with Crippen LogP contribution in [0.25, 0.3) is 11.6 Å². The van der Waals surface area contributed by atoms with Gasteiger partial charge in [0, 0.05) is 0 Å². The number of aryl methyl sites for hydroxylation is 2. The van der Waals surface area contributed by atoms with Crippen molar-refractivity contribution in [3.63, 3.8) is 0 Å². The lowest BCUT2D eigenvalue weighted by molar-refractivity contribution is -0.171. The van der Waals surface area contributed by atoms with Gasteiger partial charge in [-0.3, -0.25) is 4.79 Å². The summed E-state index contributed by atoms with van der Waals surface area (Å²) in [5, 5.41) is 12.6. The Morgan fingerprint density at radius 1 is 0.707 bits per heavy atom. The maximum absolute atomic E-state index is 14.0. The van der Waals surface area contributed by atoms with Crippen molar-refractivity contribution in [1.29, 1.82) is 0 Å². The van der Waals surface area contributed by atoms with Gasteiger partial charge in [-0.05, 0) is 80.7 Å². The minimum Gasteiger partial charge on any atom is -0.460 e. The zero-order valence-electron chi connectivity index (χ0n) is 24.5. The standard InChI is InChI=1S/C38H42O3/c1-37(2,3)41-36(39)35(29-34(33-22-14-7-15-23-33)28-32-20-12-6-13-21-32)38(40,26-24-30-16-8-4-9-17-30)27-25-31-18-10-5-11-19-31/h4-23,28,35,40H,24-27,29H2,1-3H3/b34-28-. The number of rotatable bonds is 12. The predicted molar refractivity (Wildman–Crippen MR) is 169 cm³/mol. The minimum atomic E-state index is -1.29. The average Bonchev–Trinajstić information content (AvgIpc) is 2.98. The first-order valence-corrected chi connectivity index (χ1v) is 14.6. The monoisotopic (exact) mass is 546 g/mol. The van der Waals surface area contributed by atoms with Gasteiger partial charge in [-0.15, -0.1) is 0 Å². The topological polar surface area (TPSA) is 46.5 Å². The second-order valence-electron chi connectivity index (χ2n) is 11.8. The molecule has 0 heterocycles. The van der Waals surface area contributed by atoms with E-state index in [1.807, 2.05) is 93.6 Å². The summed E-state index contributed by atoms with van der Waals surface area (Å²) >= 11 is 0. The van der Waals surface area contributed by atoms with Crippen molar-refractivity contribution in [2.75, 3.05) is 0 Å². The molecule has 4 aromatic carbocycles. The summed E-state index contributed by atoms with van der Waals surface area (Å²) < 4.78 is 6.01. The lowest BCUT2D eigenvalue weighted by atomic mass is 9.74. The summed E-state index contributed by atoms with van der Waals surface area (Å²) in [6.45, 7) is 5.65. The summed E-state index contributed by atoms with van der Waals surface area (Å²) in [6, 6.07) is 40.6. The first-order chi connectivity index (χ1) is 19.7. The number of carbonyl (C=O) groups excluding carboxylic acids is 1. The molecule has 0 radical (unpaired) electrons. The fraction of sp³-hybridized carbons (Fsp3) is 0.289. The summed E-state index contributed by atoms with van der Waals surface area (Å²) in [4.78, 5) is 14.0. The van der Waals surface area contributed by atoms with E-state index in [-0.39, 0.29) is 5.97 Å². The van der Waals surface area contributed by atoms with Crippen LogP contribution >= 0.6 is 0 Å². The quantitative estimate of drug-likeness (QED) is 0.143. The Morgan fingerprint density at radius 2 is 1.15 bits per heavy atom.